The molecule has 1 aliphatic heterocycles. The van der Waals surface area contributed by atoms with Gasteiger partial charge in [0, 0.05) is 11.8 Å². The van der Waals surface area contributed by atoms with Crippen molar-refractivity contribution in [2.75, 3.05) is 19.5 Å². The number of fused-ring (bicyclic) bond motifs is 1. The summed E-state index contributed by atoms with van der Waals surface area (Å²) in [7, 11) is -3.52. The van der Waals surface area contributed by atoms with Gasteiger partial charge in [-0.3, -0.25) is 0 Å². The van der Waals surface area contributed by atoms with Crippen LogP contribution in [0.1, 0.15) is 19.4 Å². The monoisotopic (exact) mass is 272 g/mol. The number of rotatable bonds is 2. The van der Waals surface area contributed by atoms with Crippen LogP contribution in [0.2, 0.25) is 0 Å². The number of benzene rings is 1. The molecule has 0 spiro atoms. The fourth-order valence-electron chi connectivity index (χ4n) is 1.94. The first-order valence-electron chi connectivity index (χ1n) is 5.57. The van der Waals surface area contributed by atoms with Crippen LogP contribution in [0.15, 0.2) is 17.0 Å². The third-order valence-electron chi connectivity index (χ3n) is 2.69. The number of hydrogen-bond donors (Lipinski definition) is 1. The van der Waals surface area contributed by atoms with Crippen molar-refractivity contribution in [3.05, 3.63) is 17.7 Å². The van der Waals surface area contributed by atoms with Gasteiger partial charge in [0.2, 0.25) is 0 Å². The molecule has 1 N–H and O–H groups in total. The van der Waals surface area contributed by atoms with Gasteiger partial charge in [0.1, 0.15) is 18.1 Å². The summed E-state index contributed by atoms with van der Waals surface area (Å²) in [6.07, 6.45) is 1.09. The Morgan fingerprint density at radius 3 is 2.39 bits per heavy atom. The quantitative estimate of drug-likeness (QED) is 0.872. The van der Waals surface area contributed by atoms with Crippen LogP contribution >= 0.6 is 0 Å². The lowest BCUT2D eigenvalue weighted by atomic mass is 9.98. The summed E-state index contributed by atoms with van der Waals surface area (Å²) in [6, 6.07) is 3.18. The van der Waals surface area contributed by atoms with E-state index in [0.29, 0.717) is 24.5 Å². The van der Waals surface area contributed by atoms with E-state index in [1.54, 1.807) is 12.1 Å². The highest BCUT2D eigenvalue weighted by atomic mass is 32.2. The van der Waals surface area contributed by atoms with Crippen LogP contribution in [-0.4, -0.2) is 33.0 Å². The van der Waals surface area contributed by atoms with Gasteiger partial charge in [-0.25, -0.2) is 8.42 Å². The van der Waals surface area contributed by atoms with Crippen molar-refractivity contribution in [2.45, 2.75) is 24.3 Å². The summed E-state index contributed by atoms with van der Waals surface area (Å²) in [6.45, 7) is 3.75. The predicted molar refractivity (Wildman–Crippen MR) is 65.8 cm³/mol. The Morgan fingerprint density at radius 1 is 1.22 bits per heavy atom. The molecule has 0 saturated heterocycles. The Labute approximate surface area is 106 Å². The Hall–Kier alpha value is -1.27. The van der Waals surface area contributed by atoms with Crippen LogP contribution in [0.3, 0.4) is 0 Å². The molecule has 1 aromatic rings. The first-order valence-corrected chi connectivity index (χ1v) is 7.46. The number of hydrogen-bond acceptors (Lipinski definition) is 5. The highest BCUT2D eigenvalue weighted by molar-refractivity contribution is 7.90. The molecule has 1 heterocycles. The molecule has 100 valence electrons. The zero-order valence-electron chi connectivity index (χ0n) is 10.6. The lowest BCUT2D eigenvalue weighted by molar-refractivity contribution is 0.0737. The maximum Gasteiger partial charge on any atom is 0.180 e. The van der Waals surface area contributed by atoms with Crippen molar-refractivity contribution in [1.82, 2.24) is 0 Å². The number of ether oxygens (including phenoxy) is 2. The topological polar surface area (TPSA) is 72.8 Å². The van der Waals surface area contributed by atoms with Gasteiger partial charge in [-0.2, -0.15) is 0 Å². The first kappa shape index (κ1) is 13.2. The Balaban J connectivity index is 2.78. The molecule has 6 heteroatoms. The minimum absolute atomic E-state index is 0.00667. The zero-order valence-corrected chi connectivity index (χ0v) is 11.4. The summed E-state index contributed by atoms with van der Waals surface area (Å²) in [5, 5.41) is 10.1. The molecule has 0 atom stereocenters. The van der Waals surface area contributed by atoms with E-state index in [1.807, 2.05) is 0 Å². The second kappa shape index (κ2) is 4.13. The minimum Gasteiger partial charge on any atom is -0.486 e. The molecule has 1 aromatic carbocycles. The fraction of sp³-hybridized carbons (Fsp3) is 0.500. The summed E-state index contributed by atoms with van der Waals surface area (Å²) in [4.78, 5) is 0.00667. The van der Waals surface area contributed by atoms with Gasteiger partial charge in [-0.05, 0) is 19.9 Å². The molecule has 0 radical (unpaired) electrons. The molecule has 2 rings (SSSR count). The third-order valence-corrected chi connectivity index (χ3v) is 3.84. The van der Waals surface area contributed by atoms with Crippen LogP contribution < -0.4 is 9.47 Å². The molecular formula is C12H16O5S. The van der Waals surface area contributed by atoms with Gasteiger partial charge in [0.05, 0.1) is 5.60 Å². The van der Waals surface area contributed by atoms with Crippen molar-refractivity contribution in [3.63, 3.8) is 0 Å². The molecule has 0 saturated carbocycles. The van der Waals surface area contributed by atoms with Crippen LogP contribution in [0.5, 0.6) is 11.5 Å². The van der Waals surface area contributed by atoms with Crippen molar-refractivity contribution in [2.24, 2.45) is 0 Å². The Bertz CT molecular complexity index is 569. The molecule has 18 heavy (non-hydrogen) atoms. The van der Waals surface area contributed by atoms with E-state index in [0.717, 1.165) is 6.26 Å². The largest absolute Gasteiger partial charge is 0.486 e. The van der Waals surface area contributed by atoms with E-state index in [2.05, 4.69) is 0 Å². The number of aliphatic hydroxyl groups is 1. The SMILES string of the molecule is CC(C)(O)c1ccc2c(c1S(C)(=O)=O)OCCO2. The summed E-state index contributed by atoms with van der Waals surface area (Å²) >= 11 is 0. The van der Waals surface area contributed by atoms with E-state index < -0.39 is 15.4 Å². The highest BCUT2D eigenvalue weighted by Crippen LogP contribution is 2.42. The van der Waals surface area contributed by atoms with Crippen LogP contribution in [0.25, 0.3) is 0 Å². The van der Waals surface area contributed by atoms with Gasteiger partial charge in [-0.1, -0.05) is 6.07 Å². The van der Waals surface area contributed by atoms with Gasteiger partial charge in [0.25, 0.3) is 0 Å². The molecule has 0 amide bonds. The molecule has 0 aliphatic carbocycles. The molecule has 5 nitrogen and oxygen atoms in total. The molecule has 1 aliphatic rings. The Morgan fingerprint density at radius 2 is 1.83 bits per heavy atom. The van der Waals surface area contributed by atoms with Gasteiger partial charge in [-0.15, -0.1) is 0 Å². The fourth-order valence-corrected chi connectivity index (χ4v) is 3.15. The second-order valence-electron chi connectivity index (χ2n) is 4.80. The average molecular weight is 272 g/mol. The number of sulfone groups is 1. The Kier molecular flexibility index (Phi) is 3.03. The predicted octanol–water partition coefficient (Wildman–Crippen LogP) is 1.09. The van der Waals surface area contributed by atoms with Crippen molar-refractivity contribution < 1.29 is 23.0 Å². The maximum absolute atomic E-state index is 11.9. The third kappa shape index (κ3) is 2.30. The lowest BCUT2D eigenvalue weighted by Gasteiger charge is -2.26. The van der Waals surface area contributed by atoms with Gasteiger partial charge >= 0.3 is 0 Å². The van der Waals surface area contributed by atoms with Gasteiger partial charge in [0.15, 0.2) is 21.3 Å². The zero-order chi connectivity index (χ0) is 13.6. The van der Waals surface area contributed by atoms with Crippen LogP contribution in [0, 0.1) is 0 Å². The molecule has 0 fully saturated rings. The summed E-state index contributed by atoms with van der Waals surface area (Å²) in [5.41, 5.74) is -0.955. The van der Waals surface area contributed by atoms with E-state index in [4.69, 9.17) is 9.47 Å². The average Bonchev–Trinajstić information content (AvgIpc) is 2.24. The van der Waals surface area contributed by atoms with Crippen molar-refractivity contribution in [1.29, 1.82) is 0 Å². The van der Waals surface area contributed by atoms with E-state index in [1.165, 1.54) is 13.8 Å². The molecule has 0 bridgehead atoms. The van der Waals surface area contributed by atoms with Crippen molar-refractivity contribution >= 4 is 9.84 Å². The molecule has 0 unspecified atom stereocenters. The summed E-state index contributed by atoms with van der Waals surface area (Å²) < 4.78 is 34.6. The van der Waals surface area contributed by atoms with E-state index in [-0.39, 0.29) is 10.6 Å². The first-order chi connectivity index (χ1) is 8.21. The second-order valence-corrected chi connectivity index (χ2v) is 6.75. The lowest BCUT2D eigenvalue weighted by Crippen LogP contribution is -2.23. The van der Waals surface area contributed by atoms with E-state index in [9.17, 15) is 13.5 Å². The normalized spacial score (nSPS) is 15.6. The minimum atomic E-state index is -3.52. The van der Waals surface area contributed by atoms with Crippen molar-refractivity contribution in [3.8, 4) is 11.5 Å². The standard InChI is InChI=1S/C12H16O5S/c1-12(2,13)8-4-5-9-10(17-7-6-16-9)11(8)18(3,14)15/h4-5,13H,6-7H2,1-3H3. The van der Waals surface area contributed by atoms with E-state index >= 15 is 0 Å². The highest BCUT2D eigenvalue weighted by Gasteiger charge is 2.31. The molecular weight excluding hydrogens is 256 g/mol. The summed E-state index contributed by atoms with van der Waals surface area (Å²) in [5.74, 6) is 0.595. The van der Waals surface area contributed by atoms with Gasteiger partial charge < -0.3 is 14.6 Å². The maximum atomic E-state index is 11.9. The van der Waals surface area contributed by atoms with Crippen LogP contribution in [0.4, 0.5) is 0 Å². The smallest absolute Gasteiger partial charge is 0.180 e. The van der Waals surface area contributed by atoms with Crippen LogP contribution in [-0.2, 0) is 15.4 Å². The molecule has 0 aromatic heterocycles.